The Hall–Kier alpha value is -2.98. The van der Waals surface area contributed by atoms with Crippen molar-refractivity contribution in [3.63, 3.8) is 0 Å². The maximum Gasteiger partial charge on any atom is 0.534 e. The monoisotopic (exact) mass is 465 g/mol. The maximum absolute atomic E-state index is 12.0. The average Bonchev–Trinajstić information content (AvgIpc) is 3.11. The van der Waals surface area contributed by atoms with E-state index in [9.17, 15) is 24.3 Å². The summed E-state index contributed by atoms with van der Waals surface area (Å²) in [5, 5.41) is 10.1. The minimum Gasteiger partial charge on any atom is -0.481 e. The van der Waals surface area contributed by atoms with Crippen LogP contribution in [0.1, 0.15) is 56.1 Å². The molecular formula is C23H31NO9. The predicted octanol–water partition coefficient (Wildman–Crippen LogP) is 3.04. The summed E-state index contributed by atoms with van der Waals surface area (Å²) in [7, 11) is 1.57. The van der Waals surface area contributed by atoms with Crippen molar-refractivity contribution in [1.29, 1.82) is 0 Å². The van der Waals surface area contributed by atoms with E-state index in [1.807, 2.05) is 19.1 Å². The van der Waals surface area contributed by atoms with Gasteiger partial charge in [-0.1, -0.05) is 36.3 Å². The molecule has 0 radical (unpaired) electrons. The van der Waals surface area contributed by atoms with Crippen molar-refractivity contribution in [2.24, 2.45) is 5.92 Å². The van der Waals surface area contributed by atoms with Crippen LogP contribution in [0.25, 0.3) is 0 Å². The lowest BCUT2D eigenvalue weighted by Gasteiger charge is -2.23. The van der Waals surface area contributed by atoms with Crippen molar-refractivity contribution < 1.29 is 43.3 Å². The van der Waals surface area contributed by atoms with Crippen molar-refractivity contribution in [3.05, 3.63) is 35.4 Å². The number of rotatable bonds is 14. The summed E-state index contributed by atoms with van der Waals surface area (Å²) in [6.07, 6.45) is 0.297. The van der Waals surface area contributed by atoms with Gasteiger partial charge in [-0.25, -0.2) is 4.79 Å². The Morgan fingerprint density at radius 3 is 2.42 bits per heavy atom. The number of carbonyl (C=O) groups is 4. The second-order valence-corrected chi connectivity index (χ2v) is 7.68. The van der Waals surface area contributed by atoms with E-state index in [4.69, 9.17) is 19.0 Å². The highest BCUT2D eigenvalue weighted by atomic mass is 16.8. The lowest BCUT2D eigenvalue weighted by atomic mass is 9.83. The molecule has 10 nitrogen and oxygen atoms in total. The van der Waals surface area contributed by atoms with E-state index in [0.717, 1.165) is 5.56 Å². The Morgan fingerprint density at radius 1 is 1.09 bits per heavy atom. The second kappa shape index (κ2) is 13.5. The topological polar surface area (TPSA) is 129 Å². The molecule has 1 heterocycles. The van der Waals surface area contributed by atoms with Crippen LogP contribution in [0.4, 0.5) is 4.79 Å². The number of hydrogen-bond acceptors (Lipinski definition) is 8. The number of ether oxygens (including phenoxy) is 3. The zero-order valence-corrected chi connectivity index (χ0v) is 19.0. The fourth-order valence-electron chi connectivity index (χ4n) is 3.63. The Labute approximate surface area is 192 Å². The zero-order chi connectivity index (χ0) is 24.2. The van der Waals surface area contributed by atoms with Crippen LogP contribution in [0, 0.1) is 5.92 Å². The van der Waals surface area contributed by atoms with Crippen molar-refractivity contribution >= 4 is 23.9 Å². The first-order valence-corrected chi connectivity index (χ1v) is 10.9. The van der Waals surface area contributed by atoms with Gasteiger partial charge < -0.3 is 19.3 Å². The third-order valence-corrected chi connectivity index (χ3v) is 5.47. The molecule has 2 amide bonds. The number of amides is 2. The molecule has 0 spiro atoms. The summed E-state index contributed by atoms with van der Waals surface area (Å²) in [6, 6.07) is 7.28. The summed E-state index contributed by atoms with van der Waals surface area (Å²) in [4.78, 5) is 51.6. The molecular weight excluding hydrogens is 434 g/mol. The lowest BCUT2D eigenvalue weighted by Crippen LogP contribution is -2.32. The Bertz CT molecular complexity index is 810. The van der Waals surface area contributed by atoms with Gasteiger partial charge in [0, 0.05) is 26.6 Å². The van der Waals surface area contributed by atoms with E-state index in [-0.39, 0.29) is 25.4 Å². The van der Waals surface area contributed by atoms with E-state index in [2.05, 4.69) is 0 Å². The molecule has 0 bridgehead atoms. The van der Waals surface area contributed by atoms with Gasteiger partial charge in [-0.15, -0.1) is 0 Å². The standard InChI is InChI=1S/C23H31NO9/c1-3-16(14-17(22(27)28)10-11-31-13-12-30-2)19-7-5-4-6-18(19)15-32-23(29)33-24-20(25)8-9-21(24)26/h4-7,16-17H,3,8-15H2,1-2H3,(H,27,28). The Kier molecular flexibility index (Phi) is 10.8. The van der Waals surface area contributed by atoms with Gasteiger partial charge in [0.05, 0.1) is 19.1 Å². The highest BCUT2D eigenvalue weighted by Crippen LogP contribution is 2.31. The first-order valence-electron chi connectivity index (χ1n) is 10.9. The number of hydrogen-bond donors (Lipinski definition) is 1. The molecule has 1 aliphatic heterocycles. The summed E-state index contributed by atoms with van der Waals surface area (Å²) in [5.41, 5.74) is 1.56. The van der Waals surface area contributed by atoms with E-state index < -0.39 is 29.9 Å². The van der Waals surface area contributed by atoms with Crippen LogP contribution >= 0.6 is 0 Å². The molecule has 182 valence electrons. The smallest absolute Gasteiger partial charge is 0.481 e. The summed E-state index contributed by atoms with van der Waals surface area (Å²) in [6.45, 7) is 3.01. The van der Waals surface area contributed by atoms with Gasteiger partial charge in [0.15, 0.2) is 0 Å². The Balaban J connectivity index is 1.98. The molecule has 1 N–H and O–H groups in total. The van der Waals surface area contributed by atoms with Gasteiger partial charge in [0.2, 0.25) is 0 Å². The summed E-state index contributed by atoms with van der Waals surface area (Å²) >= 11 is 0. The molecule has 1 aromatic carbocycles. The molecule has 2 unspecified atom stereocenters. The third kappa shape index (κ3) is 8.14. The van der Waals surface area contributed by atoms with Crippen molar-refractivity contribution in [1.82, 2.24) is 5.06 Å². The Morgan fingerprint density at radius 2 is 1.79 bits per heavy atom. The second-order valence-electron chi connectivity index (χ2n) is 7.68. The molecule has 0 aliphatic carbocycles. The number of methoxy groups -OCH3 is 1. The molecule has 2 atom stereocenters. The third-order valence-electron chi connectivity index (χ3n) is 5.47. The first-order chi connectivity index (χ1) is 15.9. The number of aliphatic carboxylic acids is 1. The molecule has 33 heavy (non-hydrogen) atoms. The van der Waals surface area contributed by atoms with Crippen molar-refractivity contribution in [2.45, 2.75) is 51.6 Å². The van der Waals surface area contributed by atoms with Gasteiger partial charge in [0.1, 0.15) is 6.61 Å². The van der Waals surface area contributed by atoms with E-state index in [1.165, 1.54) is 0 Å². The molecule has 2 rings (SSSR count). The largest absolute Gasteiger partial charge is 0.534 e. The van der Waals surface area contributed by atoms with Gasteiger partial charge >= 0.3 is 12.1 Å². The van der Waals surface area contributed by atoms with Crippen molar-refractivity contribution in [2.75, 3.05) is 26.9 Å². The van der Waals surface area contributed by atoms with Crippen LogP contribution in [-0.2, 0) is 40.0 Å². The number of hydroxylamine groups is 2. The highest BCUT2D eigenvalue weighted by Gasteiger charge is 2.33. The molecule has 0 saturated carbocycles. The average molecular weight is 465 g/mol. The predicted molar refractivity (Wildman–Crippen MR) is 115 cm³/mol. The van der Waals surface area contributed by atoms with Crippen LogP contribution in [0.3, 0.4) is 0 Å². The van der Waals surface area contributed by atoms with Crippen LogP contribution in [-0.4, -0.2) is 61.0 Å². The minimum atomic E-state index is -1.15. The maximum atomic E-state index is 12.0. The molecule has 0 aromatic heterocycles. The van der Waals surface area contributed by atoms with Crippen LogP contribution in [0.2, 0.25) is 0 Å². The van der Waals surface area contributed by atoms with E-state index >= 15 is 0 Å². The van der Waals surface area contributed by atoms with Crippen LogP contribution in [0.5, 0.6) is 0 Å². The fraction of sp³-hybridized carbons (Fsp3) is 0.565. The van der Waals surface area contributed by atoms with Crippen molar-refractivity contribution in [3.8, 4) is 0 Å². The van der Waals surface area contributed by atoms with Gasteiger partial charge in [-0.3, -0.25) is 19.2 Å². The number of imide groups is 1. The quantitative estimate of drug-likeness (QED) is 0.250. The lowest BCUT2D eigenvalue weighted by molar-refractivity contribution is -0.177. The van der Waals surface area contributed by atoms with Crippen LogP contribution in [0.15, 0.2) is 24.3 Å². The molecule has 1 aliphatic rings. The zero-order valence-electron chi connectivity index (χ0n) is 19.0. The number of carboxylic acid groups (broad SMARTS) is 1. The van der Waals surface area contributed by atoms with Gasteiger partial charge in [-0.05, 0) is 36.3 Å². The fourth-order valence-corrected chi connectivity index (χ4v) is 3.63. The van der Waals surface area contributed by atoms with E-state index in [0.29, 0.717) is 49.7 Å². The van der Waals surface area contributed by atoms with E-state index in [1.54, 1.807) is 19.2 Å². The molecule has 1 aromatic rings. The summed E-state index contributed by atoms with van der Waals surface area (Å²) < 4.78 is 15.5. The normalized spacial score (nSPS) is 15.4. The number of nitrogens with zero attached hydrogens (tertiary/aromatic N) is 1. The first kappa shape index (κ1) is 26.3. The number of benzene rings is 1. The number of carbonyl (C=O) groups excluding carboxylic acids is 3. The highest BCUT2D eigenvalue weighted by molar-refractivity contribution is 6.01. The van der Waals surface area contributed by atoms with Crippen LogP contribution < -0.4 is 0 Å². The molecule has 1 saturated heterocycles. The SMILES string of the molecule is CCC(CC(CCOCCOC)C(=O)O)c1ccccc1COC(=O)ON1C(=O)CCC1=O. The number of carboxylic acids is 1. The molecule has 10 heteroatoms. The summed E-state index contributed by atoms with van der Waals surface area (Å²) in [5.74, 6) is -2.74. The van der Waals surface area contributed by atoms with Gasteiger partial charge in [0.25, 0.3) is 11.8 Å². The minimum absolute atomic E-state index is 0.00467. The van der Waals surface area contributed by atoms with Gasteiger partial charge in [-0.2, -0.15) is 0 Å². The molecule has 1 fully saturated rings.